The van der Waals surface area contributed by atoms with Gasteiger partial charge in [0.2, 0.25) is 0 Å². The molecule has 1 aromatic heterocycles. The highest BCUT2D eigenvalue weighted by Crippen LogP contribution is 2.33. The zero-order valence-corrected chi connectivity index (χ0v) is 11.4. The number of aromatic nitrogens is 2. The summed E-state index contributed by atoms with van der Waals surface area (Å²) in [7, 11) is -2.94. The van der Waals surface area contributed by atoms with Gasteiger partial charge >= 0.3 is 0 Å². The molecular formula is C10H16ClN3O2S. The van der Waals surface area contributed by atoms with Crippen molar-refractivity contribution in [2.45, 2.75) is 32.2 Å². The summed E-state index contributed by atoms with van der Waals surface area (Å²) in [6.45, 7) is 3.95. The summed E-state index contributed by atoms with van der Waals surface area (Å²) in [5, 5.41) is 4.80. The van der Waals surface area contributed by atoms with Crippen LogP contribution in [0.5, 0.6) is 0 Å². The monoisotopic (exact) mass is 277 g/mol. The van der Waals surface area contributed by atoms with Gasteiger partial charge in [0.05, 0.1) is 23.2 Å². The van der Waals surface area contributed by atoms with Gasteiger partial charge in [-0.25, -0.2) is 13.1 Å². The van der Waals surface area contributed by atoms with E-state index < -0.39 is 9.84 Å². The molecule has 1 aliphatic heterocycles. The van der Waals surface area contributed by atoms with Crippen LogP contribution in [-0.4, -0.2) is 29.7 Å². The Hall–Kier alpha value is -0.750. The third-order valence-electron chi connectivity index (χ3n) is 3.01. The fourth-order valence-electron chi connectivity index (χ4n) is 2.06. The minimum Gasteiger partial charge on any atom is -0.383 e. The average molecular weight is 278 g/mol. The van der Waals surface area contributed by atoms with E-state index >= 15 is 0 Å². The molecule has 1 fully saturated rings. The third kappa shape index (κ3) is 2.28. The van der Waals surface area contributed by atoms with Gasteiger partial charge in [0.15, 0.2) is 9.84 Å². The number of anilines is 1. The number of halogens is 1. The van der Waals surface area contributed by atoms with E-state index in [1.54, 1.807) is 4.68 Å². The van der Waals surface area contributed by atoms with E-state index in [1.165, 1.54) is 0 Å². The summed E-state index contributed by atoms with van der Waals surface area (Å²) >= 11 is 6.10. The second kappa shape index (κ2) is 4.17. The lowest BCUT2D eigenvalue weighted by atomic mass is 10.1. The van der Waals surface area contributed by atoms with Crippen LogP contribution in [0.25, 0.3) is 0 Å². The summed E-state index contributed by atoms with van der Waals surface area (Å²) in [6.07, 6.45) is 0.558. The molecule has 0 spiro atoms. The molecule has 2 heterocycles. The molecular weight excluding hydrogens is 262 g/mol. The van der Waals surface area contributed by atoms with Crippen molar-refractivity contribution in [2.24, 2.45) is 0 Å². The lowest BCUT2D eigenvalue weighted by Gasteiger charge is -2.10. The van der Waals surface area contributed by atoms with Gasteiger partial charge in [-0.05, 0) is 12.3 Å². The second-order valence-corrected chi connectivity index (χ2v) is 7.35. The number of nitrogen functional groups attached to an aromatic ring is 1. The first-order valence-corrected chi connectivity index (χ1v) is 7.75. The quantitative estimate of drug-likeness (QED) is 0.891. The van der Waals surface area contributed by atoms with Crippen LogP contribution in [0, 0.1) is 0 Å². The SMILES string of the molecule is CC(C)c1nn(C2CCS(=O)(=O)C2)c(N)c1Cl. The summed E-state index contributed by atoms with van der Waals surface area (Å²) in [6, 6.07) is -0.176. The van der Waals surface area contributed by atoms with Gasteiger partial charge in [0.1, 0.15) is 10.8 Å². The highest BCUT2D eigenvalue weighted by molar-refractivity contribution is 7.91. The van der Waals surface area contributed by atoms with Gasteiger partial charge in [-0.3, -0.25) is 0 Å². The fourth-order valence-corrected chi connectivity index (χ4v) is 4.10. The van der Waals surface area contributed by atoms with Gasteiger partial charge < -0.3 is 5.73 Å². The minimum absolute atomic E-state index is 0.104. The Morgan fingerprint density at radius 3 is 2.59 bits per heavy atom. The Balaban J connectivity index is 2.38. The highest BCUT2D eigenvalue weighted by atomic mass is 35.5. The van der Waals surface area contributed by atoms with Crippen molar-refractivity contribution < 1.29 is 8.42 Å². The van der Waals surface area contributed by atoms with Crippen LogP contribution < -0.4 is 5.73 Å². The predicted molar refractivity (Wildman–Crippen MR) is 68.0 cm³/mol. The fraction of sp³-hybridized carbons (Fsp3) is 0.700. The summed E-state index contributed by atoms with van der Waals surface area (Å²) < 4.78 is 24.4. The third-order valence-corrected chi connectivity index (χ3v) is 5.15. The molecule has 96 valence electrons. The molecule has 0 saturated carbocycles. The Bertz CT molecular complexity index is 536. The Morgan fingerprint density at radius 1 is 1.53 bits per heavy atom. The molecule has 1 unspecified atom stereocenters. The zero-order chi connectivity index (χ0) is 12.8. The minimum atomic E-state index is -2.94. The number of sulfone groups is 1. The standard InChI is InChI=1S/C10H16ClN3O2S/c1-6(2)9-8(11)10(12)14(13-9)7-3-4-17(15,16)5-7/h6-7H,3-5,12H2,1-2H3. The van der Waals surface area contributed by atoms with Crippen molar-refractivity contribution in [2.75, 3.05) is 17.2 Å². The lowest BCUT2D eigenvalue weighted by Crippen LogP contribution is -2.15. The molecule has 0 radical (unpaired) electrons. The van der Waals surface area contributed by atoms with Crippen LogP contribution in [0.3, 0.4) is 0 Å². The molecule has 1 aromatic rings. The van der Waals surface area contributed by atoms with Crippen LogP contribution in [0.4, 0.5) is 5.82 Å². The normalized spacial score (nSPS) is 23.4. The lowest BCUT2D eigenvalue weighted by molar-refractivity contribution is 0.499. The Morgan fingerprint density at radius 2 is 2.18 bits per heavy atom. The molecule has 5 nitrogen and oxygen atoms in total. The maximum atomic E-state index is 11.4. The summed E-state index contributed by atoms with van der Waals surface area (Å²) in [5.74, 6) is 0.847. The molecule has 0 aliphatic carbocycles. The molecule has 2 rings (SSSR count). The van der Waals surface area contributed by atoms with Gasteiger partial charge in [-0.2, -0.15) is 5.10 Å². The maximum absolute atomic E-state index is 11.4. The molecule has 1 saturated heterocycles. The Kier molecular flexibility index (Phi) is 3.12. The van der Waals surface area contributed by atoms with Crippen LogP contribution >= 0.6 is 11.6 Å². The molecule has 0 amide bonds. The summed E-state index contributed by atoms with van der Waals surface area (Å²) in [5.41, 5.74) is 6.61. The van der Waals surface area contributed by atoms with E-state index in [1.807, 2.05) is 13.8 Å². The van der Waals surface area contributed by atoms with E-state index in [9.17, 15) is 8.42 Å². The van der Waals surface area contributed by atoms with E-state index in [2.05, 4.69) is 5.10 Å². The highest BCUT2D eigenvalue weighted by Gasteiger charge is 2.32. The van der Waals surface area contributed by atoms with Crippen LogP contribution in [0.1, 0.15) is 37.9 Å². The van der Waals surface area contributed by atoms with E-state index in [0.29, 0.717) is 17.3 Å². The van der Waals surface area contributed by atoms with Crippen molar-refractivity contribution in [3.8, 4) is 0 Å². The topological polar surface area (TPSA) is 78.0 Å². The largest absolute Gasteiger partial charge is 0.383 e. The smallest absolute Gasteiger partial charge is 0.152 e. The van der Waals surface area contributed by atoms with Crippen molar-refractivity contribution >= 4 is 27.3 Å². The van der Waals surface area contributed by atoms with E-state index in [-0.39, 0.29) is 23.5 Å². The van der Waals surface area contributed by atoms with Crippen LogP contribution in [0.15, 0.2) is 0 Å². The van der Waals surface area contributed by atoms with Crippen molar-refractivity contribution in [3.63, 3.8) is 0 Å². The molecule has 0 bridgehead atoms. The molecule has 1 atom stereocenters. The van der Waals surface area contributed by atoms with Gasteiger partial charge in [-0.1, -0.05) is 25.4 Å². The van der Waals surface area contributed by atoms with Crippen molar-refractivity contribution in [1.82, 2.24) is 9.78 Å². The summed E-state index contributed by atoms with van der Waals surface area (Å²) in [4.78, 5) is 0. The average Bonchev–Trinajstić information content (AvgIpc) is 2.70. The molecule has 0 aromatic carbocycles. The van der Waals surface area contributed by atoms with Gasteiger partial charge in [0, 0.05) is 0 Å². The number of nitrogens with zero attached hydrogens (tertiary/aromatic N) is 2. The molecule has 17 heavy (non-hydrogen) atoms. The Labute approximate surface area is 106 Å². The zero-order valence-electron chi connectivity index (χ0n) is 9.85. The second-order valence-electron chi connectivity index (χ2n) is 4.74. The molecule has 7 heteroatoms. The number of nitrogens with two attached hydrogens (primary N) is 1. The van der Waals surface area contributed by atoms with Gasteiger partial charge in [0.25, 0.3) is 0 Å². The molecule has 2 N–H and O–H groups in total. The predicted octanol–water partition coefficient (Wildman–Crippen LogP) is 1.60. The first kappa shape index (κ1) is 12.7. The number of hydrogen-bond donors (Lipinski definition) is 1. The first-order chi connectivity index (χ1) is 7.82. The number of hydrogen-bond acceptors (Lipinski definition) is 4. The molecule has 1 aliphatic rings. The van der Waals surface area contributed by atoms with Crippen LogP contribution in [-0.2, 0) is 9.84 Å². The van der Waals surface area contributed by atoms with E-state index in [0.717, 1.165) is 5.69 Å². The maximum Gasteiger partial charge on any atom is 0.152 e. The van der Waals surface area contributed by atoms with Crippen LogP contribution in [0.2, 0.25) is 5.02 Å². The van der Waals surface area contributed by atoms with E-state index in [4.69, 9.17) is 17.3 Å². The van der Waals surface area contributed by atoms with Crippen molar-refractivity contribution in [1.29, 1.82) is 0 Å². The number of rotatable bonds is 2. The van der Waals surface area contributed by atoms with Gasteiger partial charge in [-0.15, -0.1) is 0 Å². The van der Waals surface area contributed by atoms with Crippen molar-refractivity contribution in [3.05, 3.63) is 10.7 Å². The first-order valence-electron chi connectivity index (χ1n) is 5.55.